The van der Waals surface area contributed by atoms with Crippen LogP contribution in [0.3, 0.4) is 0 Å². The van der Waals surface area contributed by atoms with Crippen LogP contribution in [-0.4, -0.2) is 33.2 Å². The summed E-state index contributed by atoms with van der Waals surface area (Å²) in [5.74, 6) is -1.23. The molecule has 0 radical (unpaired) electrons. The Morgan fingerprint density at radius 1 is 1.15 bits per heavy atom. The molecule has 1 amide bonds. The predicted octanol–water partition coefficient (Wildman–Crippen LogP) is 2.08. The number of ether oxygens (including phenoxy) is 1. The Bertz CT molecular complexity index is 953. The fourth-order valence-corrected chi connectivity index (χ4v) is 3.08. The predicted molar refractivity (Wildman–Crippen MR) is 102 cm³/mol. The summed E-state index contributed by atoms with van der Waals surface area (Å²) in [4.78, 5) is 24.6. The maximum atomic E-state index is 12.7. The van der Waals surface area contributed by atoms with E-state index in [1.807, 2.05) is 0 Å². The normalized spacial score (nSPS) is 13.5. The Morgan fingerprint density at radius 2 is 1.78 bits per heavy atom. The molecule has 0 heterocycles. The summed E-state index contributed by atoms with van der Waals surface area (Å²) in [6.45, 7) is 3.32. The number of benzene rings is 2. The summed E-state index contributed by atoms with van der Waals surface area (Å²) in [5, 5.41) is 2.59. The Balaban J connectivity index is 2.41. The van der Waals surface area contributed by atoms with Crippen LogP contribution < -0.4 is 11.1 Å². The van der Waals surface area contributed by atoms with Crippen molar-refractivity contribution in [1.82, 2.24) is 0 Å². The number of carbonyl (C=O) groups is 2. The van der Waals surface area contributed by atoms with E-state index in [-0.39, 0.29) is 22.8 Å². The van der Waals surface area contributed by atoms with Crippen molar-refractivity contribution in [2.45, 2.75) is 24.3 Å². The Morgan fingerprint density at radius 3 is 2.33 bits per heavy atom. The molecule has 0 saturated carbocycles. The molecule has 0 bridgehead atoms. The van der Waals surface area contributed by atoms with Gasteiger partial charge in [0.1, 0.15) is 5.54 Å². The van der Waals surface area contributed by atoms with Gasteiger partial charge in [0.15, 0.2) is 9.84 Å². The lowest BCUT2D eigenvalue weighted by atomic mass is 9.92. The highest BCUT2D eigenvalue weighted by molar-refractivity contribution is 7.90. The first-order chi connectivity index (χ1) is 12.6. The monoisotopic (exact) mass is 390 g/mol. The minimum atomic E-state index is -3.61. The Hall–Kier alpha value is -2.71. The number of nitrogens with two attached hydrogens (primary N) is 1. The summed E-state index contributed by atoms with van der Waals surface area (Å²) in [6.07, 6.45) is 1.01. The zero-order valence-corrected chi connectivity index (χ0v) is 16.2. The van der Waals surface area contributed by atoms with Gasteiger partial charge in [-0.1, -0.05) is 30.3 Å². The summed E-state index contributed by atoms with van der Waals surface area (Å²) in [7, 11) is -3.61. The molecule has 0 aliphatic rings. The number of amides is 1. The molecule has 0 saturated heterocycles. The van der Waals surface area contributed by atoms with Crippen LogP contribution in [0.25, 0.3) is 0 Å². The number of nitrogens with one attached hydrogen (secondary N) is 1. The molecular weight excluding hydrogens is 368 g/mol. The van der Waals surface area contributed by atoms with E-state index in [9.17, 15) is 18.0 Å². The van der Waals surface area contributed by atoms with Gasteiger partial charge in [0.25, 0.3) is 0 Å². The molecule has 2 rings (SSSR count). The molecule has 27 heavy (non-hydrogen) atoms. The van der Waals surface area contributed by atoms with Gasteiger partial charge < -0.3 is 15.8 Å². The van der Waals surface area contributed by atoms with Crippen LogP contribution in [0.5, 0.6) is 0 Å². The fraction of sp³-hybridized carbons (Fsp3) is 0.263. The van der Waals surface area contributed by atoms with E-state index in [0.29, 0.717) is 5.56 Å². The molecule has 7 nitrogen and oxygen atoms in total. The van der Waals surface area contributed by atoms with Crippen LogP contribution in [-0.2, 0) is 24.9 Å². The van der Waals surface area contributed by atoms with Crippen molar-refractivity contribution in [2.24, 2.45) is 5.73 Å². The second kappa shape index (κ2) is 7.89. The molecular formula is C19H22N2O5S. The van der Waals surface area contributed by atoms with Crippen LogP contribution in [0.4, 0.5) is 5.69 Å². The van der Waals surface area contributed by atoms with E-state index in [0.717, 1.165) is 6.26 Å². The molecule has 0 spiro atoms. The standard InChI is InChI=1S/C19H22N2O5S/c1-4-26-17(22)13-10-15(12-16(11-13)27(3,24)25)21-18(23)19(2,20)14-8-6-5-7-9-14/h5-12H,4,20H2,1-3H3,(H,21,23). The average molecular weight is 390 g/mol. The molecule has 0 aliphatic carbocycles. The molecule has 0 aromatic heterocycles. The molecule has 1 unspecified atom stereocenters. The minimum absolute atomic E-state index is 0.0218. The lowest BCUT2D eigenvalue weighted by Crippen LogP contribution is -2.45. The third kappa shape index (κ3) is 4.93. The fourth-order valence-electron chi connectivity index (χ4n) is 2.39. The van der Waals surface area contributed by atoms with Gasteiger partial charge in [-0.2, -0.15) is 0 Å². The van der Waals surface area contributed by atoms with Gasteiger partial charge in [-0.15, -0.1) is 0 Å². The number of hydrogen-bond donors (Lipinski definition) is 2. The maximum Gasteiger partial charge on any atom is 0.338 e. The molecule has 8 heteroatoms. The number of sulfone groups is 1. The number of rotatable bonds is 6. The van der Waals surface area contributed by atoms with Crippen molar-refractivity contribution >= 4 is 27.4 Å². The first-order valence-corrected chi connectivity index (χ1v) is 10.1. The highest BCUT2D eigenvalue weighted by atomic mass is 32.2. The smallest absolute Gasteiger partial charge is 0.338 e. The second-order valence-electron chi connectivity index (χ2n) is 6.26. The summed E-state index contributed by atoms with van der Waals surface area (Å²) in [5.41, 5.74) is 5.57. The summed E-state index contributed by atoms with van der Waals surface area (Å²) in [6, 6.07) is 12.6. The molecule has 0 fully saturated rings. The first-order valence-electron chi connectivity index (χ1n) is 8.24. The SMILES string of the molecule is CCOC(=O)c1cc(NC(=O)C(C)(N)c2ccccc2)cc(S(C)(=O)=O)c1. The highest BCUT2D eigenvalue weighted by Gasteiger charge is 2.30. The van der Waals surface area contributed by atoms with E-state index in [2.05, 4.69) is 5.32 Å². The average Bonchev–Trinajstić information content (AvgIpc) is 2.61. The number of esters is 1. The summed E-state index contributed by atoms with van der Waals surface area (Å²) < 4.78 is 28.8. The number of hydrogen-bond acceptors (Lipinski definition) is 6. The van der Waals surface area contributed by atoms with Crippen molar-refractivity contribution in [1.29, 1.82) is 0 Å². The van der Waals surface area contributed by atoms with Crippen molar-refractivity contribution in [3.8, 4) is 0 Å². The lowest BCUT2D eigenvalue weighted by molar-refractivity contribution is -0.120. The van der Waals surface area contributed by atoms with E-state index in [1.54, 1.807) is 44.2 Å². The Kier molecular flexibility index (Phi) is 6.02. The molecule has 2 aromatic carbocycles. The second-order valence-corrected chi connectivity index (χ2v) is 8.28. The van der Waals surface area contributed by atoms with Crippen molar-refractivity contribution in [3.63, 3.8) is 0 Å². The lowest BCUT2D eigenvalue weighted by Gasteiger charge is -2.24. The van der Waals surface area contributed by atoms with Crippen LogP contribution in [0, 0.1) is 0 Å². The van der Waals surface area contributed by atoms with Gasteiger partial charge in [0, 0.05) is 11.9 Å². The van der Waals surface area contributed by atoms with Crippen LogP contribution in [0.2, 0.25) is 0 Å². The molecule has 1 atom stereocenters. The van der Waals surface area contributed by atoms with Gasteiger partial charge in [0.05, 0.1) is 17.1 Å². The zero-order valence-electron chi connectivity index (χ0n) is 15.4. The van der Waals surface area contributed by atoms with Gasteiger partial charge in [-0.3, -0.25) is 4.79 Å². The van der Waals surface area contributed by atoms with E-state index in [1.165, 1.54) is 18.2 Å². The van der Waals surface area contributed by atoms with Crippen LogP contribution >= 0.6 is 0 Å². The van der Waals surface area contributed by atoms with Crippen molar-refractivity contribution < 1.29 is 22.7 Å². The minimum Gasteiger partial charge on any atom is -0.462 e. The van der Waals surface area contributed by atoms with Gasteiger partial charge in [0.2, 0.25) is 5.91 Å². The number of carbonyl (C=O) groups excluding carboxylic acids is 2. The van der Waals surface area contributed by atoms with E-state index < -0.39 is 27.3 Å². The van der Waals surface area contributed by atoms with Crippen LogP contribution in [0.15, 0.2) is 53.4 Å². The van der Waals surface area contributed by atoms with Crippen molar-refractivity contribution in [3.05, 3.63) is 59.7 Å². The topological polar surface area (TPSA) is 116 Å². The third-order valence-corrected chi connectivity index (χ3v) is 5.04. The first kappa shape index (κ1) is 20.6. The molecule has 3 N–H and O–H groups in total. The zero-order chi connectivity index (χ0) is 20.2. The summed E-state index contributed by atoms with van der Waals surface area (Å²) >= 11 is 0. The van der Waals surface area contributed by atoms with Crippen molar-refractivity contribution in [2.75, 3.05) is 18.2 Å². The van der Waals surface area contributed by atoms with E-state index in [4.69, 9.17) is 10.5 Å². The quantitative estimate of drug-likeness (QED) is 0.730. The Labute approximate surface area is 158 Å². The van der Waals surface area contributed by atoms with Gasteiger partial charge in [-0.05, 0) is 37.6 Å². The molecule has 144 valence electrons. The van der Waals surface area contributed by atoms with Gasteiger partial charge in [-0.25, -0.2) is 13.2 Å². The molecule has 2 aromatic rings. The van der Waals surface area contributed by atoms with Crippen LogP contribution in [0.1, 0.15) is 29.8 Å². The van der Waals surface area contributed by atoms with E-state index >= 15 is 0 Å². The maximum absolute atomic E-state index is 12.7. The van der Waals surface area contributed by atoms with Gasteiger partial charge >= 0.3 is 5.97 Å². The third-order valence-electron chi connectivity index (χ3n) is 3.95. The largest absolute Gasteiger partial charge is 0.462 e. The number of anilines is 1. The molecule has 0 aliphatic heterocycles. The highest BCUT2D eigenvalue weighted by Crippen LogP contribution is 2.23.